The third kappa shape index (κ3) is 7.89. The number of benzene rings is 2. The van der Waals surface area contributed by atoms with Gasteiger partial charge in [-0.2, -0.15) is 0 Å². The highest BCUT2D eigenvalue weighted by atomic mass is 32.2. The van der Waals surface area contributed by atoms with Crippen LogP contribution in [0, 0.1) is 4.91 Å². The van der Waals surface area contributed by atoms with Crippen molar-refractivity contribution in [3.05, 3.63) is 46.9 Å². The van der Waals surface area contributed by atoms with Crippen molar-refractivity contribution in [2.24, 2.45) is 5.34 Å². The monoisotopic (exact) mass is 467 g/mol. The summed E-state index contributed by atoms with van der Waals surface area (Å²) in [6.07, 6.45) is -2.26. The molecule has 0 spiro atoms. The van der Waals surface area contributed by atoms with Crippen molar-refractivity contribution in [3.8, 4) is 5.75 Å². The molecule has 174 valence electrons. The fourth-order valence-corrected chi connectivity index (χ4v) is 3.45. The van der Waals surface area contributed by atoms with E-state index in [0.29, 0.717) is 0 Å². The number of carbonyl (C=O) groups is 2. The number of esters is 1. The largest absolute Gasteiger partial charge is 0.616 e. The van der Waals surface area contributed by atoms with Crippen molar-refractivity contribution < 1.29 is 37.9 Å². The highest BCUT2D eigenvalue weighted by Gasteiger charge is 2.19. The minimum Gasteiger partial charge on any atom is -0.616 e. The predicted octanol–water partition coefficient (Wildman–Crippen LogP) is 3.44. The van der Waals surface area contributed by atoms with E-state index >= 15 is 0 Å². The Bertz CT molecular complexity index is 923. The molecule has 0 aliphatic heterocycles. The van der Waals surface area contributed by atoms with Crippen molar-refractivity contribution in [1.82, 2.24) is 0 Å². The van der Waals surface area contributed by atoms with E-state index in [2.05, 4.69) is 14.9 Å². The molecule has 0 amide bonds. The number of carbonyl (C=O) groups excluding carboxylic acids is 2. The molecule has 0 saturated carbocycles. The Morgan fingerprint density at radius 1 is 1.03 bits per heavy atom. The summed E-state index contributed by atoms with van der Waals surface area (Å²) >= 11 is -1.37. The number of rotatable bonds is 12. The fourth-order valence-electron chi connectivity index (χ4n) is 2.71. The molecule has 2 unspecified atom stereocenters. The van der Waals surface area contributed by atoms with Gasteiger partial charge in [0.15, 0.2) is 5.34 Å². The lowest BCUT2D eigenvalue weighted by molar-refractivity contribution is -0.144. The minimum absolute atomic E-state index is 0.0269. The zero-order valence-corrected chi connectivity index (χ0v) is 18.8. The van der Waals surface area contributed by atoms with Gasteiger partial charge in [-0.05, 0) is 46.6 Å². The van der Waals surface area contributed by atoms with E-state index in [1.54, 1.807) is 14.0 Å². The van der Waals surface area contributed by atoms with Crippen LogP contribution in [0.1, 0.15) is 25.3 Å². The summed E-state index contributed by atoms with van der Waals surface area (Å²) in [5.74, 6) is -0.0159. The number of hydrogen-bond acceptors (Lipinski definition) is 10. The van der Waals surface area contributed by atoms with Crippen molar-refractivity contribution in [2.75, 3.05) is 31.8 Å². The maximum absolute atomic E-state index is 12.4. The van der Waals surface area contributed by atoms with E-state index in [4.69, 9.17) is 14.2 Å². The van der Waals surface area contributed by atoms with Crippen molar-refractivity contribution in [1.29, 1.82) is 0 Å². The predicted molar refractivity (Wildman–Crippen MR) is 117 cm³/mol. The van der Waals surface area contributed by atoms with Crippen LogP contribution in [-0.2, 0) is 35.0 Å². The average Bonchev–Trinajstić information content (AvgIpc) is 2.77. The van der Waals surface area contributed by atoms with Gasteiger partial charge in [-0.25, -0.2) is 4.79 Å². The first-order valence-electron chi connectivity index (χ1n) is 9.75. The topological polar surface area (TPSA) is 133 Å². The Hall–Kier alpha value is -3.05. The molecule has 0 bridgehead atoms. The maximum atomic E-state index is 12.4. The summed E-state index contributed by atoms with van der Waals surface area (Å²) in [5, 5.41) is 4.09. The number of nitrogens with zero attached hydrogens (tertiary/aromatic N) is 1. The molecule has 0 aliphatic carbocycles. The molecule has 0 N–H and O–H groups in total. The Balaban J connectivity index is 1.72. The molecule has 32 heavy (non-hydrogen) atoms. The van der Waals surface area contributed by atoms with Crippen LogP contribution in [0.4, 0.5) is 4.79 Å². The smallest absolute Gasteiger partial charge is 0.511 e. The molecule has 0 aliphatic rings. The highest BCUT2D eigenvalue weighted by molar-refractivity contribution is 7.91. The Morgan fingerprint density at radius 3 is 2.38 bits per heavy atom. The Kier molecular flexibility index (Phi) is 10.0. The van der Waals surface area contributed by atoms with Crippen LogP contribution in [0.2, 0.25) is 0 Å². The Morgan fingerprint density at radius 2 is 1.69 bits per heavy atom. The normalized spacial score (nSPS) is 13.5. The quantitative estimate of drug-likeness (QED) is 0.151. The summed E-state index contributed by atoms with van der Waals surface area (Å²) in [7, 11) is 1.60. The van der Waals surface area contributed by atoms with Gasteiger partial charge in [0.2, 0.25) is 0 Å². The summed E-state index contributed by atoms with van der Waals surface area (Å²) in [5.41, 5.74) is 0.809. The van der Waals surface area contributed by atoms with Crippen LogP contribution in [0.25, 0.3) is 10.8 Å². The summed E-state index contributed by atoms with van der Waals surface area (Å²) in [6.45, 7) is 2.83. The molecule has 2 aromatic carbocycles. The lowest BCUT2D eigenvalue weighted by Crippen LogP contribution is -2.24. The van der Waals surface area contributed by atoms with Crippen molar-refractivity contribution >= 4 is 34.1 Å². The first-order valence-corrected chi connectivity index (χ1v) is 11.2. The third-order valence-corrected chi connectivity index (χ3v) is 5.71. The molecular formula is C21H25NO9S. The van der Waals surface area contributed by atoms with Gasteiger partial charge in [0.1, 0.15) is 30.5 Å². The van der Waals surface area contributed by atoms with Crippen molar-refractivity contribution in [3.63, 3.8) is 0 Å². The number of ether oxygens (including phenoxy) is 4. The molecule has 2 aromatic rings. The lowest BCUT2D eigenvalue weighted by Gasteiger charge is -2.15. The van der Waals surface area contributed by atoms with Gasteiger partial charge in [0, 0.05) is 6.92 Å². The van der Waals surface area contributed by atoms with E-state index in [9.17, 15) is 19.0 Å². The van der Waals surface area contributed by atoms with Gasteiger partial charge in [-0.15, -0.1) is 4.91 Å². The molecule has 0 aromatic heterocycles. The van der Waals surface area contributed by atoms with Crippen LogP contribution >= 0.6 is 0 Å². The second-order valence-electron chi connectivity index (χ2n) is 6.67. The minimum atomic E-state index is -1.37. The molecule has 2 rings (SSSR count). The first-order chi connectivity index (χ1) is 15.3. The van der Waals surface area contributed by atoms with Gasteiger partial charge < -0.3 is 28.3 Å². The van der Waals surface area contributed by atoms with E-state index in [0.717, 1.165) is 22.1 Å². The molecule has 0 fully saturated rings. The zero-order chi connectivity index (χ0) is 23.5. The first kappa shape index (κ1) is 25.2. The summed E-state index contributed by atoms with van der Waals surface area (Å²) in [6, 6.07) is 11.4. The fraction of sp³-hybridized carbons (Fsp3) is 0.429. The van der Waals surface area contributed by atoms with E-state index in [1.807, 2.05) is 36.4 Å². The van der Waals surface area contributed by atoms with Gasteiger partial charge in [-0.3, -0.25) is 4.79 Å². The highest BCUT2D eigenvalue weighted by Crippen LogP contribution is 2.25. The molecule has 0 heterocycles. The zero-order valence-electron chi connectivity index (χ0n) is 18.0. The van der Waals surface area contributed by atoms with Gasteiger partial charge in [0.05, 0.1) is 13.0 Å². The molecular weight excluding hydrogens is 442 g/mol. The van der Waals surface area contributed by atoms with Crippen LogP contribution in [0.15, 0.2) is 41.7 Å². The average molecular weight is 467 g/mol. The van der Waals surface area contributed by atoms with E-state index in [-0.39, 0.29) is 24.7 Å². The molecule has 0 saturated heterocycles. The van der Waals surface area contributed by atoms with Crippen LogP contribution in [0.3, 0.4) is 0 Å². The van der Waals surface area contributed by atoms with E-state index in [1.165, 1.54) is 6.92 Å². The Labute approximate surface area is 188 Å². The standard InChI is InChI=1S/C21H25NO9S/c1-14(16-4-5-18-13-19(27-3)7-6-17(18)12-16)20(23)28-8-10-32(26)11-9-29-21(24)30-15(2)31-22-25/h4-7,12-15H,8-11H2,1-3H3/t14-,15?,32?/m0/s1. The molecule has 11 heteroatoms. The van der Waals surface area contributed by atoms with Crippen LogP contribution in [0.5, 0.6) is 5.75 Å². The number of methoxy groups -OCH3 is 1. The van der Waals surface area contributed by atoms with Gasteiger partial charge in [0.25, 0.3) is 6.29 Å². The summed E-state index contributed by atoms with van der Waals surface area (Å²) < 4.78 is 31.7. The number of fused-ring (bicyclic) bond motifs is 1. The SMILES string of the molecule is COc1ccc2cc([C@H](C)C(=O)OCC[S+]([O-])CCOC(=O)OC(C)ON=O)ccc2c1. The van der Waals surface area contributed by atoms with Crippen LogP contribution in [-0.4, -0.2) is 54.8 Å². The van der Waals surface area contributed by atoms with Gasteiger partial charge in [-0.1, -0.05) is 24.3 Å². The molecule has 0 radical (unpaired) electrons. The second-order valence-corrected chi connectivity index (χ2v) is 8.37. The second kappa shape index (κ2) is 12.7. The van der Waals surface area contributed by atoms with Crippen LogP contribution < -0.4 is 4.74 Å². The summed E-state index contributed by atoms with van der Waals surface area (Å²) in [4.78, 5) is 37.6. The van der Waals surface area contributed by atoms with E-state index < -0.39 is 35.5 Å². The molecule has 3 atom stereocenters. The van der Waals surface area contributed by atoms with Crippen molar-refractivity contribution in [2.45, 2.75) is 26.1 Å². The molecule has 10 nitrogen and oxygen atoms in total. The maximum Gasteiger partial charge on any atom is 0.511 e. The van der Waals surface area contributed by atoms with Gasteiger partial charge >= 0.3 is 12.1 Å². The third-order valence-electron chi connectivity index (χ3n) is 4.46. The lowest BCUT2D eigenvalue weighted by atomic mass is 9.98. The number of hydrogen-bond donors (Lipinski definition) is 0.